The lowest BCUT2D eigenvalue weighted by Gasteiger charge is -2.15. The van der Waals surface area contributed by atoms with Gasteiger partial charge in [0.2, 0.25) is 5.75 Å². The zero-order valence-corrected chi connectivity index (χ0v) is 15.0. The summed E-state index contributed by atoms with van der Waals surface area (Å²) < 4.78 is 16.0. The first-order chi connectivity index (χ1) is 9.22. The Morgan fingerprint density at radius 3 is 1.75 bits per heavy atom. The van der Waals surface area contributed by atoms with E-state index in [1.165, 1.54) is 20.8 Å². The van der Waals surface area contributed by atoms with Crippen molar-refractivity contribution >= 4 is 63.1 Å². The summed E-state index contributed by atoms with van der Waals surface area (Å²) in [7, 11) is 0. The molecule has 6 nitrogen and oxygen atoms in total. The maximum absolute atomic E-state index is 11.2. The fourth-order valence-electron chi connectivity index (χ4n) is 1.20. The minimum atomic E-state index is -0.641. The van der Waals surface area contributed by atoms with Crippen LogP contribution in [0, 0.1) is 13.2 Å². The number of carbonyl (C=O) groups excluding carboxylic acids is 3. The van der Waals surface area contributed by atoms with Crippen LogP contribution in [-0.4, -0.2) is 17.9 Å². The van der Waals surface area contributed by atoms with Gasteiger partial charge in [0.1, 0.15) is 0 Å². The van der Waals surface area contributed by atoms with E-state index in [9.17, 15) is 14.4 Å². The molecule has 20 heavy (non-hydrogen) atoms. The highest BCUT2D eigenvalue weighted by atomic mass is 127. The van der Waals surface area contributed by atoms with Gasteiger partial charge in [0.15, 0.2) is 11.5 Å². The lowest BCUT2D eigenvalue weighted by atomic mass is 10.3. The molecule has 0 amide bonds. The van der Waals surface area contributed by atoms with Gasteiger partial charge in [-0.25, -0.2) is 0 Å². The summed E-state index contributed by atoms with van der Waals surface area (Å²) in [6, 6.07) is 2.76. The summed E-state index contributed by atoms with van der Waals surface area (Å²) in [5, 5.41) is 0. The minimum absolute atomic E-state index is 0.0210. The molecule has 0 bridgehead atoms. The number of benzene rings is 1. The van der Waals surface area contributed by atoms with Gasteiger partial charge in [-0.3, -0.25) is 14.4 Å². The lowest BCUT2D eigenvalue weighted by Crippen LogP contribution is -2.12. The van der Waals surface area contributed by atoms with Crippen LogP contribution in [0.3, 0.4) is 0 Å². The molecule has 8 heteroatoms. The van der Waals surface area contributed by atoms with Crippen molar-refractivity contribution in [3.8, 4) is 17.2 Å². The second kappa shape index (κ2) is 7.20. The molecule has 0 saturated carbocycles. The SMILES string of the molecule is CC(=O)Oc1[c]c(I)c(I)c(OC(C)=O)c1OC(C)=O. The molecule has 1 rings (SSSR count). The molecule has 0 aliphatic heterocycles. The van der Waals surface area contributed by atoms with E-state index in [1.807, 2.05) is 45.2 Å². The molecule has 0 heterocycles. The molecular formula is C12H9I2O6. The van der Waals surface area contributed by atoms with E-state index in [2.05, 4.69) is 6.07 Å². The fraction of sp³-hybridized carbons (Fsp3) is 0.250. The maximum Gasteiger partial charge on any atom is 0.308 e. The lowest BCUT2D eigenvalue weighted by molar-refractivity contribution is -0.135. The average molecular weight is 503 g/mol. The first kappa shape index (κ1) is 17.1. The van der Waals surface area contributed by atoms with Crippen molar-refractivity contribution < 1.29 is 28.6 Å². The number of hydrogen-bond donors (Lipinski definition) is 0. The van der Waals surface area contributed by atoms with Crippen LogP contribution < -0.4 is 14.2 Å². The first-order valence-electron chi connectivity index (χ1n) is 5.22. The van der Waals surface area contributed by atoms with Crippen LogP contribution in [0.2, 0.25) is 0 Å². The Hall–Kier alpha value is -0.910. The van der Waals surface area contributed by atoms with E-state index in [0.717, 1.165) is 0 Å². The normalized spacial score (nSPS) is 9.85. The predicted octanol–water partition coefficient (Wildman–Crippen LogP) is 2.47. The molecule has 0 saturated heterocycles. The molecular weight excluding hydrogens is 494 g/mol. The Morgan fingerprint density at radius 1 is 0.850 bits per heavy atom. The average Bonchev–Trinajstić information content (AvgIpc) is 2.28. The molecule has 1 aromatic rings. The molecule has 0 atom stereocenters. The summed E-state index contributed by atoms with van der Waals surface area (Å²) in [4.78, 5) is 33.4. The first-order valence-corrected chi connectivity index (χ1v) is 7.37. The van der Waals surface area contributed by atoms with Gasteiger partial charge >= 0.3 is 17.9 Å². The fourth-order valence-corrected chi connectivity index (χ4v) is 2.18. The third kappa shape index (κ3) is 4.58. The van der Waals surface area contributed by atoms with Crippen LogP contribution in [0.1, 0.15) is 20.8 Å². The highest BCUT2D eigenvalue weighted by Gasteiger charge is 2.24. The van der Waals surface area contributed by atoms with E-state index in [-0.39, 0.29) is 17.2 Å². The third-order valence-corrected chi connectivity index (χ3v) is 4.64. The van der Waals surface area contributed by atoms with Crippen LogP contribution in [0.4, 0.5) is 0 Å². The zero-order valence-electron chi connectivity index (χ0n) is 10.7. The van der Waals surface area contributed by atoms with Crippen LogP contribution in [0.25, 0.3) is 0 Å². The summed E-state index contributed by atoms with van der Waals surface area (Å²) in [6.45, 7) is 3.59. The van der Waals surface area contributed by atoms with E-state index < -0.39 is 17.9 Å². The van der Waals surface area contributed by atoms with Crippen molar-refractivity contribution in [3.05, 3.63) is 13.2 Å². The second-order valence-corrected chi connectivity index (χ2v) is 5.68. The number of carbonyl (C=O) groups is 3. The van der Waals surface area contributed by atoms with Crippen LogP contribution in [0.5, 0.6) is 17.2 Å². The van der Waals surface area contributed by atoms with Gasteiger partial charge < -0.3 is 14.2 Å². The molecule has 107 valence electrons. The van der Waals surface area contributed by atoms with Gasteiger partial charge in [-0.15, -0.1) is 0 Å². The predicted molar refractivity (Wildman–Crippen MR) is 84.6 cm³/mol. The topological polar surface area (TPSA) is 78.9 Å². The third-order valence-electron chi connectivity index (χ3n) is 1.77. The molecule has 1 radical (unpaired) electrons. The molecule has 0 spiro atoms. The van der Waals surface area contributed by atoms with Gasteiger partial charge in [0, 0.05) is 30.4 Å². The summed E-state index contributed by atoms with van der Waals surface area (Å²) in [6.07, 6.45) is 0. The number of halogens is 2. The van der Waals surface area contributed by atoms with Gasteiger partial charge in [0.05, 0.1) is 3.57 Å². The van der Waals surface area contributed by atoms with Gasteiger partial charge in [0.25, 0.3) is 0 Å². The minimum Gasteiger partial charge on any atom is -0.422 e. The van der Waals surface area contributed by atoms with Crippen molar-refractivity contribution in [1.29, 1.82) is 0 Å². The Bertz CT molecular complexity index is 582. The van der Waals surface area contributed by atoms with E-state index in [0.29, 0.717) is 7.14 Å². The molecule has 0 unspecified atom stereocenters. The Balaban J connectivity index is 3.49. The molecule has 0 aromatic heterocycles. The summed E-state index contributed by atoms with van der Waals surface area (Å²) >= 11 is 3.85. The quantitative estimate of drug-likeness (QED) is 0.359. The van der Waals surface area contributed by atoms with Crippen LogP contribution in [0.15, 0.2) is 0 Å². The van der Waals surface area contributed by atoms with Crippen molar-refractivity contribution in [1.82, 2.24) is 0 Å². The monoisotopic (exact) mass is 503 g/mol. The maximum atomic E-state index is 11.2. The zero-order chi connectivity index (χ0) is 15.4. The van der Waals surface area contributed by atoms with E-state index in [4.69, 9.17) is 14.2 Å². The van der Waals surface area contributed by atoms with Crippen molar-refractivity contribution in [2.24, 2.45) is 0 Å². The van der Waals surface area contributed by atoms with E-state index >= 15 is 0 Å². The molecule has 1 aromatic carbocycles. The molecule has 0 aliphatic rings. The number of ether oxygens (including phenoxy) is 3. The Morgan fingerprint density at radius 2 is 1.30 bits per heavy atom. The van der Waals surface area contributed by atoms with Gasteiger partial charge in [-0.05, 0) is 45.2 Å². The van der Waals surface area contributed by atoms with Crippen molar-refractivity contribution in [2.75, 3.05) is 0 Å². The molecule has 0 aliphatic carbocycles. The largest absolute Gasteiger partial charge is 0.422 e. The van der Waals surface area contributed by atoms with Gasteiger partial charge in [-0.1, -0.05) is 0 Å². The number of esters is 3. The highest BCUT2D eigenvalue weighted by molar-refractivity contribution is 14.1. The standard InChI is InChI=1S/C12H9I2O6/c1-5(15)18-9-4-8(13)10(14)12(20-7(3)17)11(9)19-6(2)16/h1-3H3. The van der Waals surface area contributed by atoms with Crippen LogP contribution in [-0.2, 0) is 14.4 Å². The summed E-state index contributed by atoms with van der Waals surface area (Å²) in [5.41, 5.74) is 0. The number of hydrogen-bond acceptors (Lipinski definition) is 6. The smallest absolute Gasteiger partial charge is 0.308 e. The van der Waals surface area contributed by atoms with Crippen molar-refractivity contribution in [3.63, 3.8) is 0 Å². The second-order valence-electron chi connectivity index (χ2n) is 3.52. The Labute approximate surface area is 142 Å². The van der Waals surface area contributed by atoms with Gasteiger partial charge in [-0.2, -0.15) is 0 Å². The van der Waals surface area contributed by atoms with Crippen LogP contribution >= 0.6 is 45.2 Å². The van der Waals surface area contributed by atoms with E-state index in [1.54, 1.807) is 0 Å². The number of rotatable bonds is 3. The summed E-state index contributed by atoms with van der Waals surface area (Å²) in [5.74, 6) is -2.07. The van der Waals surface area contributed by atoms with Crippen molar-refractivity contribution in [2.45, 2.75) is 20.8 Å². The Kier molecular flexibility index (Phi) is 6.17. The highest BCUT2D eigenvalue weighted by Crippen LogP contribution is 2.43. The molecule has 0 N–H and O–H groups in total. The molecule has 0 fully saturated rings.